The molecule has 0 radical (unpaired) electrons. The van der Waals surface area contributed by atoms with Crippen LogP contribution in [-0.2, 0) is 19.9 Å². The topological polar surface area (TPSA) is 49.8 Å². The van der Waals surface area contributed by atoms with Crippen LogP contribution in [0.2, 0.25) is 0 Å². The molecule has 0 spiro atoms. The lowest BCUT2D eigenvalue weighted by atomic mass is 9.95. The Morgan fingerprint density at radius 2 is 2.18 bits per heavy atom. The molecule has 2 aliphatic rings. The van der Waals surface area contributed by atoms with Crippen LogP contribution in [0.25, 0.3) is 0 Å². The van der Waals surface area contributed by atoms with E-state index in [1.807, 2.05) is 0 Å². The zero-order valence-corrected chi connectivity index (χ0v) is 13.8. The monoisotopic (exact) mass is 375 g/mol. The highest BCUT2D eigenvalue weighted by molar-refractivity contribution is 9.10. The van der Waals surface area contributed by atoms with Crippen molar-refractivity contribution in [3.63, 3.8) is 0 Å². The third-order valence-corrected chi connectivity index (χ3v) is 4.13. The van der Waals surface area contributed by atoms with Gasteiger partial charge in [-0.1, -0.05) is 0 Å². The van der Waals surface area contributed by atoms with Crippen molar-refractivity contribution in [2.45, 2.75) is 31.2 Å². The number of nitrogens with zero attached hydrogens (tertiary/aromatic N) is 1. The van der Waals surface area contributed by atoms with E-state index >= 15 is 0 Å². The van der Waals surface area contributed by atoms with Crippen LogP contribution in [0.4, 0.5) is 4.39 Å². The quantitative estimate of drug-likeness (QED) is 0.565. The summed E-state index contributed by atoms with van der Waals surface area (Å²) in [5.74, 6) is 0.376. The number of aromatic nitrogens is 1. The third kappa shape index (κ3) is 3.95. The van der Waals surface area contributed by atoms with Crippen LogP contribution in [0.1, 0.15) is 24.8 Å². The van der Waals surface area contributed by atoms with Gasteiger partial charge in [-0.25, -0.2) is 9.37 Å². The Bertz CT molecular complexity index is 506. The molecule has 1 atom stereocenters. The van der Waals surface area contributed by atoms with Crippen molar-refractivity contribution in [3.05, 3.63) is 22.3 Å². The molecular formula is C15H19BrFNO4. The molecule has 2 saturated heterocycles. The molecular weight excluding hydrogens is 357 g/mol. The van der Waals surface area contributed by atoms with E-state index in [1.165, 1.54) is 0 Å². The summed E-state index contributed by atoms with van der Waals surface area (Å²) in [7, 11) is 0. The molecule has 0 bridgehead atoms. The van der Waals surface area contributed by atoms with Gasteiger partial charge in [-0.05, 0) is 41.3 Å². The Hall–Kier alpha value is -0.760. The van der Waals surface area contributed by atoms with Crippen LogP contribution in [0.3, 0.4) is 0 Å². The smallest absolute Gasteiger partial charge is 0.214 e. The number of rotatable bonds is 6. The van der Waals surface area contributed by atoms with Crippen molar-refractivity contribution in [2.75, 3.05) is 33.0 Å². The predicted molar refractivity (Wildman–Crippen MR) is 80.6 cm³/mol. The highest BCUT2D eigenvalue weighted by Crippen LogP contribution is 2.36. The summed E-state index contributed by atoms with van der Waals surface area (Å²) in [6.07, 6.45) is 3.01. The van der Waals surface area contributed by atoms with Gasteiger partial charge in [0.2, 0.25) is 5.88 Å². The highest BCUT2D eigenvalue weighted by atomic mass is 79.9. The molecule has 5 nitrogen and oxygen atoms in total. The van der Waals surface area contributed by atoms with Gasteiger partial charge in [-0.15, -0.1) is 0 Å². The molecule has 122 valence electrons. The fraction of sp³-hybridized carbons (Fsp3) is 0.667. The molecule has 0 saturated carbocycles. The fourth-order valence-corrected chi connectivity index (χ4v) is 2.84. The maximum atomic E-state index is 14.4. The Balaban J connectivity index is 1.49. The highest BCUT2D eigenvalue weighted by Gasteiger charge is 2.41. The molecule has 2 aliphatic heterocycles. The Labute approximate surface area is 137 Å². The molecule has 1 aromatic rings. The van der Waals surface area contributed by atoms with E-state index in [2.05, 4.69) is 20.9 Å². The van der Waals surface area contributed by atoms with E-state index in [0.29, 0.717) is 29.3 Å². The van der Waals surface area contributed by atoms with Gasteiger partial charge in [0.15, 0.2) is 12.0 Å². The maximum absolute atomic E-state index is 14.4. The number of ether oxygens (including phenoxy) is 4. The van der Waals surface area contributed by atoms with E-state index in [4.69, 9.17) is 18.9 Å². The number of halogens is 2. The summed E-state index contributed by atoms with van der Waals surface area (Å²) in [5.41, 5.74) is -0.914. The van der Waals surface area contributed by atoms with Gasteiger partial charge < -0.3 is 18.9 Å². The van der Waals surface area contributed by atoms with Gasteiger partial charge in [-0.2, -0.15) is 0 Å². The molecule has 3 rings (SSSR count). The second-order valence-electron chi connectivity index (χ2n) is 5.49. The lowest BCUT2D eigenvalue weighted by Crippen LogP contribution is -2.42. The summed E-state index contributed by atoms with van der Waals surface area (Å²) in [4.78, 5) is 4.19. The largest absolute Gasteiger partial charge is 0.475 e. The Kier molecular flexibility index (Phi) is 5.28. The van der Waals surface area contributed by atoms with Crippen LogP contribution in [0.5, 0.6) is 5.88 Å². The molecule has 0 amide bonds. The van der Waals surface area contributed by atoms with Crippen LogP contribution < -0.4 is 4.74 Å². The molecule has 3 heterocycles. The summed E-state index contributed by atoms with van der Waals surface area (Å²) >= 11 is 3.28. The average Bonchev–Trinajstić information content (AvgIpc) is 2.50. The van der Waals surface area contributed by atoms with Crippen molar-refractivity contribution in [1.82, 2.24) is 4.98 Å². The molecule has 2 fully saturated rings. The van der Waals surface area contributed by atoms with Crippen LogP contribution in [0, 0.1) is 0 Å². The first kappa shape index (κ1) is 16.1. The number of pyridine rings is 1. The van der Waals surface area contributed by atoms with E-state index in [9.17, 15) is 4.39 Å². The molecule has 0 N–H and O–H groups in total. The minimum atomic E-state index is -1.43. The molecule has 22 heavy (non-hydrogen) atoms. The lowest BCUT2D eigenvalue weighted by Gasteiger charge is -2.34. The molecule has 1 aromatic heterocycles. The van der Waals surface area contributed by atoms with Gasteiger partial charge in [-0.3, -0.25) is 0 Å². The van der Waals surface area contributed by atoms with Crippen molar-refractivity contribution >= 4 is 15.9 Å². The van der Waals surface area contributed by atoms with Crippen molar-refractivity contribution in [1.29, 1.82) is 0 Å². The second-order valence-corrected chi connectivity index (χ2v) is 6.30. The predicted octanol–water partition coefficient (Wildman–Crippen LogP) is 2.96. The van der Waals surface area contributed by atoms with Crippen molar-refractivity contribution < 1.29 is 23.3 Å². The van der Waals surface area contributed by atoms with Crippen LogP contribution >= 0.6 is 15.9 Å². The first-order chi connectivity index (χ1) is 10.7. The number of alkyl halides is 1. The summed E-state index contributed by atoms with van der Waals surface area (Å²) in [6, 6.07) is 3.27. The standard InChI is InChI=1S/C15H19BrFNO4/c16-12-7-11(15(17)9-19-10-15)8-13(18-12)20-5-6-22-14-3-1-2-4-21-14/h7-8,14H,1-6,9-10H2. The summed E-state index contributed by atoms with van der Waals surface area (Å²) in [5, 5.41) is 0. The number of hydrogen-bond acceptors (Lipinski definition) is 5. The third-order valence-electron chi connectivity index (χ3n) is 3.72. The lowest BCUT2D eigenvalue weighted by molar-refractivity contribution is -0.165. The maximum Gasteiger partial charge on any atom is 0.214 e. The summed E-state index contributed by atoms with van der Waals surface area (Å²) < 4.78 is 36.5. The van der Waals surface area contributed by atoms with E-state index in [-0.39, 0.29) is 19.5 Å². The van der Waals surface area contributed by atoms with Gasteiger partial charge in [0.05, 0.1) is 19.8 Å². The van der Waals surface area contributed by atoms with E-state index in [1.54, 1.807) is 12.1 Å². The Morgan fingerprint density at radius 3 is 2.86 bits per heavy atom. The molecule has 0 aromatic carbocycles. The zero-order valence-electron chi connectivity index (χ0n) is 12.2. The zero-order chi connectivity index (χ0) is 15.4. The van der Waals surface area contributed by atoms with Crippen LogP contribution in [-0.4, -0.2) is 44.3 Å². The van der Waals surface area contributed by atoms with Crippen molar-refractivity contribution in [2.24, 2.45) is 0 Å². The van der Waals surface area contributed by atoms with Gasteiger partial charge >= 0.3 is 0 Å². The minimum Gasteiger partial charge on any atom is -0.475 e. The molecule has 0 aliphatic carbocycles. The fourth-order valence-electron chi connectivity index (χ4n) is 2.42. The van der Waals surface area contributed by atoms with E-state index in [0.717, 1.165) is 25.9 Å². The number of hydrogen-bond donors (Lipinski definition) is 0. The Morgan fingerprint density at radius 1 is 1.32 bits per heavy atom. The average molecular weight is 376 g/mol. The van der Waals surface area contributed by atoms with Crippen molar-refractivity contribution in [3.8, 4) is 5.88 Å². The summed E-state index contributed by atoms with van der Waals surface area (Å²) in [6.45, 7) is 1.66. The normalized spacial score (nSPS) is 23.8. The van der Waals surface area contributed by atoms with Gasteiger partial charge in [0.25, 0.3) is 0 Å². The first-order valence-corrected chi connectivity index (χ1v) is 8.26. The van der Waals surface area contributed by atoms with Gasteiger partial charge in [0, 0.05) is 18.2 Å². The second kappa shape index (κ2) is 7.21. The minimum absolute atomic E-state index is 0.0744. The van der Waals surface area contributed by atoms with Crippen LogP contribution in [0.15, 0.2) is 16.7 Å². The SMILES string of the molecule is FC1(c2cc(Br)nc(OCCOC3CCCCO3)c2)COC1. The molecule has 7 heteroatoms. The molecule has 1 unspecified atom stereocenters. The van der Waals surface area contributed by atoms with E-state index < -0.39 is 5.67 Å². The van der Waals surface area contributed by atoms with Gasteiger partial charge in [0.1, 0.15) is 11.2 Å². The first-order valence-electron chi connectivity index (χ1n) is 7.46.